The van der Waals surface area contributed by atoms with E-state index in [1.165, 1.54) is 0 Å². The van der Waals surface area contributed by atoms with Crippen LogP contribution in [0.2, 0.25) is 0 Å². The molecule has 2 aromatic rings. The lowest BCUT2D eigenvalue weighted by Crippen LogP contribution is -2.28. The van der Waals surface area contributed by atoms with E-state index < -0.39 is 0 Å². The molecule has 1 aliphatic rings. The molecule has 2 heterocycles. The van der Waals surface area contributed by atoms with Crippen LogP contribution in [-0.4, -0.2) is 23.4 Å². The maximum atomic E-state index is 4.60. The first-order valence-corrected chi connectivity index (χ1v) is 5.50. The standard InChI is InChI=1S/C13H13N3/c1-9-8-14-13(15-9)12-7-6-10-4-2-3-5-11(10)16-12/h2-7,9H,8H2,1H3,(H,14,15). The van der Waals surface area contributed by atoms with Crippen LogP contribution >= 0.6 is 0 Å². The molecule has 1 aliphatic heterocycles. The number of amidine groups is 1. The van der Waals surface area contributed by atoms with Crippen molar-refractivity contribution in [3.8, 4) is 0 Å². The monoisotopic (exact) mass is 211 g/mol. The predicted molar refractivity (Wildman–Crippen MR) is 65.7 cm³/mol. The van der Waals surface area contributed by atoms with Crippen molar-refractivity contribution in [2.75, 3.05) is 6.54 Å². The van der Waals surface area contributed by atoms with E-state index in [0.717, 1.165) is 29.0 Å². The van der Waals surface area contributed by atoms with Gasteiger partial charge in [0.1, 0.15) is 11.5 Å². The molecule has 0 fully saturated rings. The lowest BCUT2D eigenvalue weighted by atomic mass is 10.2. The number of hydrogen-bond donors (Lipinski definition) is 1. The maximum absolute atomic E-state index is 4.60. The fourth-order valence-electron chi connectivity index (χ4n) is 1.91. The van der Waals surface area contributed by atoms with Gasteiger partial charge in [-0.25, -0.2) is 4.98 Å². The summed E-state index contributed by atoms with van der Waals surface area (Å²) in [4.78, 5) is 9.04. The molecule has 3 heteroatoms. The number of pyridine rings is 1. The van der Waals surface area contributed by atoms with Gasteiger partial charge in [0.25, 0.3) is 0 Å². The zero-order chi connectivity index (χ0) is 11.0. The minimum Gasteiger partial charge on any atom is -0.364 e. The molecule has 3 nitrogen and oxygen atoms in total. The molecular weight excluding hydrogens is 198 g/mol. The molecule has 0 saturated carbocycles. The van der Waals surface area contributed by atoms with E-state index in [1.807, 2.05) is 24.3 Å². The van der Waals surface area contributed by atoms with Gasteiger partial charge in [-0.1, -0.05) is 24.3 Å². The molecule has 1 aromatic heterocycles. The Balaban J connectivity index is 2.05. The summed E-state index contributed by atoms with van der Waals surface area (Å²) in [6.45, 7) is 2.96. The van der Waals surface area contributed by atoms with E-state index in [2.05, 4.69) is 34.3 Å². The molecule has 0 amide bonds. The van der Waals surface area contributed by atoms with Gasteiger partial charge in [-0.05, 0) is 19.1 Å². The van der Waals surface area contributed by atoms with E-state index in [0.29, 0.717) is 6.04 Å². The van der Waals surface area contributed by atoms with E-state index in [-0.39, 0.29) is 0 Å². The SMILES string of the molecule is CC1CN=C(c2ccc3ccccc3n2)N1. The van der Waals surface area contributed by atoms with Crippen molar-refractivity contribution in [2.24, 2.45) is 4.99 Å². The van der Waals surface area contributed by atoms with E-state index in [4.69, 9.17) is 0 Å². The number of rotatable bonds is 1. The van der Waals surface area contributed by atoms with Crippen LogP contribution in [0.5, 0.6) is 0 Å². The Kier molecular flexibility index (Phi) is 2.10. The van der Waals surface area contributed by atoms with Gasteiger partial charge in [0.15, 0.2) is 0 Å². The Morgan fingerprint density at radius 2 is 2.06 bits per heavy atom. The predicted octanol–water partition coefficient (Wildman–Crippen LogP) is 1.97. The number of nitrogens with zero attached hydrogens (tertiary/aromatic N) is 2. The Bertz CT molecular complexity index is 560. The molecule has 0 aliphatic carbocycles. The highest BCUT2D eigenvalue weighted by Gasteiger charge is 2.15. The number of nitrogens with one attached hydrogen (secondary N) is 1. The smallest absolute Gasteiger partial charge is 0.147 e. The van der Waals surface area contributed by atoms with Crippen LogP contribution in [0.25, 0.3) is 10.9 Å². The summed E-state index contributed by atoms with van der Waals surface area (Å²) in [5.41, 5.74) is 1.95. The summed E-state index contributed by atoms with van der Waals surface area (Å²) in [5, 5.41) is 4.49. The zero-order valence-corrected chi connectivity index (χ0v) is 9.14. The average Bonchev–Trinajstić information content (AvgIpc) is 2.75. The first kappa shape index (κ1) is 9.33. The summed E-state index contributed by atoms with van der Waals surface area (Å²) in [6.07, 6.45) is 0. The van der Waals surface area contributed by atoms with Gasteiger partial charge in [-0.15, -0.1) is 0 Å². The number of hydrogen-bond acceptors (Lipinski definition) is 3. The van der Waals surface area contributed by atoms with Crippen LogP contribution in [0.4, 0.5) is 0 Å². The zero-order valence-electron chi connectivity index (χ0n) is 9.14. The second-order valence-corrected chi connectivity index (χ2v) is 4.12. The third-order valence-electron chi connectivity index (χ3n) is 2.75. The molecule has 1 aromatic carbocycles. The van der Waals surface area contributed by atoms with Crippen LogP contribution in [0.1, 0.15) is 12.6 Å². The van der Waals surface area contributed by atoms with Crippen molar-refractivity contribution in [1.82, 2.24) is 10.3 Å². The molecule has 1 N–H and O–H groups in total. The highest BCUT2D eigenvalue weighted by Crippen LogP contribution is 2.13. The number of para-hydroxylation sites is 1. The van der Waals surface area contributed by atoms with Gasteiger partial charge in [-0.3, -0.25) is 4.99 Å². The van der Waals surface area contributed by atoms with Crippen LogP contribution in [0.3, 0.4) is 0 Å². The fraction of sp³-hybridized carbons (Fsp3) is 0.231. The Morgan fingerprint density at radius 1 is 1.19 bits per heavy atom. The van der Waals surface area contributed by atoms with Crippen LogP contribution < -0.4 is 5.32 Å². The van der Waals surface area contributed by atoms with Crippen LogP contribution in [0.15, 0.2) is 41.4 Å². The van der Waals surface area contributed by atoms with Gasteiger partial charge in [-0.2, -0.15) is 0 Å². The highest BCUT2D eigenvalue weighted by atomic mass is 15.1. The van der Waals surface area contributed by atoms with Gasteiger partial charge in [0.2, 0.25) is 0 Å². The third kappa shape index (κ3) is 1.54. The summed E-state index contributed by atoms with van der Waals surface area (Å²) >= 11 is 0. The molecule has 0 radical (unpaired) electrons. The van der Waals surface area contributed by atoms with Crippen molar-refractivity contribution in [1.29, 1.82) is 0 Å². The second-order valence-electron chi connectivity index (χ2n) is 4.12. The molecule has 0 saturated heterocycles. The number of aliphatic imine (C=N–C) groups is 1. The molecule has 1 atom stereocenters. The van der Waals surface area contributed by atoms with Crippen LogP contribution in [-0.2, 0) is 0 Å². The molecule has 0 spiro atoms. The minimum absolute atomic E-state index is 0.420. The van der Waals surface area contributed by atoms with Gasteiger partial charge < -0.3 is 5.32 Å². The maximum Gasteiger partial charge on any atom is 0.147 e. The summed E-state index contributed by atoms with van der Waals surface area (Å²) < 4.78 is 0. The van der Waals surface area contributed by atoms with Crippen molar-refractivity contribution < 1.29 is 0 Å². The van der Waals surface area contributed by atoms with Crippen molar-refractivity contribution in [2.45, 2.75) is 13.0 Å². The Hall–Kier alpha value is -1.90. The van der Waals surface area contributed by atoms with E-state index in [1.54, 1.807) is 0 Å². The van der Waals surface area contributed by atoms with E-state index in [9.17, 15) is 0 Å². The first-order chi connectivity index (χ1) is 7.83. The average molecular weight is 211 g/mol. The van der Waals surface area contributed by atoms with E-state index >= 15 is 0 Å². The Labute approximate surface area is 94.2 Å². The van der Waals surface area contributed by atoms with Gasteiger partial charge >= 0.3 is 0 Å². The highest BCUT2D eigenvalue weighted by molar-refractivity contribution is 6.00. The van der Waals surface area contributed by atoms with Gasteiger partial charge in [0.05, 0.1) is 12.1 Å². The molecular formula is C13H13N3. The first-order valence-electron chi connectivity index (χ1n) is 5.50. The lowest BCUT2D eigenvalue weighted by molar-refractivity contribution is 0.725. The number of fused-ring (bicyclic) bond motifs is 1. The fourth-order valence-corrected chi connectivity index (χ4v) is 1.91. The van der Waals surface area contributed by atoms with Crippen molar-refractivity contribution in [3.63, 3.8) is 0 Å². The Morgan fingerprint density at radius 3 is 2.88 bits per heavy atom. The number of benzene rings is 1. The number of aromatic nitrogens is 1. The molecule has 80 valence electrons. The molecule has 1 unspecified atom stereocenters. The normalized spacial score (nSPS) is 19.6. The second kappa shape index (κ2) is 3.59. The quantitative estimate of drug-likeness (QED) is 0.783. The summed E-state index contributed by atoms with van der Waals surface area (Å²) in [6, 6.07) is 12.7. The topological polar surface area (TPSA) is 37.3 Å². The minimum atomic E-state index is 0.420. The molecule has 3 rings (SSSR count). The largest absolute Gasteiger partial charge is 0.364 e. The third-order valence-corrected chi connectivity index (χ3v) is 2.75. The van der Waals surface area contributed by atoms with Crippen molar-refractivity contribution in [3.05, 3.63) is 42.1 Å². The summed E-state index contributed by atoms with van der Waals surface area (Å²) in [7, 11) is 0. The van der Waals surface area contributed by atoms with Crippen LogP contribution in [0, 0.1) is 0 Å². The molecule has 16 heavy (non-hydrogen) atoms. The molecule has 0 bridgehead atoms. The van der Waals surface area contributed by atoms with Crippen molar-refractivity contribution >= 4 is 16.7 Å². The summed E-state index contributed by atoms with van der Waals surface area (Å²) in [5.74, 6) is 0.915. The van der Waals surface area contributed by atoms with Gasteiger partial charge in [0, 0.05) is 11.4 Å². The lowest BCUT2D eigenvalue weighted by Gasteiger charge is -2.06.